The van der Waals surface area contributed by atoms with E-state index in [0.29, 0.717) is 17.1 Å². The van der Waals surface area contributed by atoms with Crippen molar-refractivity contribution in [2.75, 3.05) is 0 Å². The zero-order chi connectivity index (χ0) is 11.6. The smallest absolute Gasteiger partial charge is 0.186 e. The molecule has 1 fully saturated rings. The molecule has 0 bridgehead atoms. The van der Waals surface area contributed by atoms with E-state index in [0.717, 1.165) is 19.3 Å². The fourth-order valence-electron chi connectivity index (χ4n) is 2.30. The summed E-state index contributed by atoms with van der Waals surface area (Å²) in [4.78, 5) is 11.1. The first-order chi connectivity index (χ1) is 6.80. The number of carbonyl (C=O) groups excluding carboxylic acids is 1. The Balaban J connectivity index is 2.60. The minimum atomic E-state index is -0.601. The van der Waals surface area contributed by atoms with Crippen LogP contribution in [0.3, 0.4) is 0 Å². The molecule has 15 heavy (non-hydrogen) atoms. The molecule has 0 aliphatic heterocycles. The Morgan fingerprint density at radius 1 is 1.40 bits per heavy atom. The van der Waals surface area contributed by atoms with Crippen LogP contribution in [0.4, 0.5) is 0 Å². The molecule has 1 rings (SSSR count). The molecule has 2 unspecified atom stereocenters. The van der Waals surface area contributed by atoms with Crippen molar-refractivity contribution in [1.82, 2.24) is 0 Å². The van der Waals surface area contributed by atoms with Gasteiger partial charge in [-0.2, -0.15) is 0 Å². The second-order valence-corrected chi connectivity index (χ2v) is 6.70. The second-order valence-electron chi connectivity index (χ2n) is 5.29. The number of rotatable bonds is 2. The van der Waals surface area contributed by atoms with Crippen LogP contribution in [0.1, 0.15) is 47.0 Å². The third-order valence-corrected chi connectivity index (χ3v) is 4.73. The predicted molar refractivity (Wildman–Crippen MR) is 64.9 cm³/mol. The molecule has 1 aliphatic rings. The van der Waals surface area contributed by atoms with Gasteiger partial charge in [0.15, 0.2) is 5.12 Å². The van der Waals surface area contributed by atoms with Gasteiger partial charge in [-0.1, -0.05) is 18.7 Å². The summed E-state index contributed by atoms with van der Waals surface area (Å²) in [5, 5.41) is 10.6. The van der Waals surface area contributed by atoms with Gasteiger partial charge in [-0.25, -0.2) is 0 Å². The molecule has 3 heteroatoms. The zero-order valence-electron chi connectivity index (χ0n) is 10.1. The number of carbonyl (C=O) groups is 1. The molecule has 1 saturated carbocycles. The van der Waals surface area contributed by atoms with Crippen molar-refractivity contribution in [3.63, 3.8) is 0 Å². The van der Waals surface area contributed by atoms with E-state index in [1.54, 1.807) is 6.92 Å². The van der Waals surface area contributed by atoms with Crippen molar-refractivity contribution >= 4 is 16.9 Å². The first-order valence-electron chi connectivity index (χ1n) is 5.70. The summed E-state index contributed by atoms with van der Waals surface area (Å²) in [6.45, 7) is 7.60. The van der Waals surface area contributed by atoms with Crippen molar-refractivity contribution in [1.29, 1.82) is 0 Å². The summed E-state index contributed by atoms with van der Waals surface area (Å²) in [6.07, 6.45) is 3.17. The molecule has 0 radical (unpaired) electrons. The van der Waals surface area contributed by atoms with Crippen LogP contribution in [0.25, 0.3) is 0 Å². The van der Waals surface area contributed by atoms with Crippen molar-refractivity contribution in [2.45, 2.75) is 57.8 Å². The van der Waals surface area contributed by atoms with E-state index < -0.39 is 5.60 Å². The lowest BCUT2D eigenvalue weighted by atomic mass is 9.75. The highest BCUT2D eigenvalue weighted by Crippen LogP contribution is 2.40. The van der Waals surface area contributed by atoms with Crippen molar-refractivity contribution in [2.24, 2.45) is 11.8 Å². The zero-order valence-corrected chi connectivity index (χ0v) is 10.9. The SMILES string of the molecule is CC(=O)SC1C[C@@H](C(C)(C)O)CCC1C. The lowest BCUT2D eigenvalue weighted by Gasteiger charge is -2.39. The molecule has 0 heterocycles. The highest BCUT2D eigenvalue weighted by atomic mass is 32.2. The molecule has 2 nitrogen and oxygen atoms in total. The molecule has 3 atom stereocenters. The van der Waals surface area contributed by atoms with Crippen molar-refractivity contribution in [3.05, 3.63) is 0 Å². The first-order valence-corrected chi connectivity index (χ1v) is 6.58. The summed E-state index contributed by atoms with van der Waals surface area (Å²) < 4.78 is 0. The van der Waals surface area contributed by atoms with Gasteiger partial charge < -0.3 is 5.11 Å². The van der Waals surface area contributed by atoms with Crippen LogP contribution in [0.15, 0.2) is 0 Å². The normalized spacial score (nSPS) is 32.7. The van der Waals surface area contributed by atoms with Gasteiger partial charge in [0.1, 0.15) is 0 Å². The molecule has 0 aromatic heterocycles. The van der Waals surface area contributed by atoms with Crippen LogP contribution in [-0.2, 0) is 4.79 Å². The van der Waals surface area contributed by atoms with Crippen LogP contribution in [0, 0.1) is 11.8 Å². The average Bonchev–Trinajstić information content (AvgIpc) is 2.06. The Morgan fingerprint density at radius 3 is 2.47 bits per heavy atom. The number of thioether (sulfide) groups is 1. The fraction of sp³-hybridized carbons (Fsp3) is 0.917. The maximum Gasteiger partial charge on any atom is 0.186 e. The highest BCUT2D eigenvalue weighted by molar-refractivity contribution is 8.14. The highest BCUT2D eigenvalue weighted by Gasteiger charge is 2.36. The van der Waals surface area contributed by atoms with Gasteiger partial charge in [0.25, 0.3) is 0 Å². The van der Waals surface area contributed by atoms with Gasteiger partial charge in [0.05, 0.1) is 5.60 Å². The van der Waals surface area contributed by atoms with Crippen LogP contribution in [0.2, 0.25) is 0 Å². The van der Waals surface area contributed by atoms with Gasteiger partial charge in [-0.3, -0.25) is 4.79 Å². The van der Waals surface area contributed by atoms with Gasteiger partial charge >= 0.3 is 0 Å². The molecular formula is C12H22O2S. The first kappa shape index (κ1) is 13.0. The summed E-state index contributed by atoms with van der Waals surface area (Å²) in [6, 6.07) is 0. The van der Waals surface area contributed by atoms with E-state index in [1.807, 2.05) is 13.8 Å². The Labute approximate surface area is 96.8 Å². The Morgan fingerprint density at radius 2 is 2.00 bits per heavy atom. The summed E-state index contributed by atoms with van der Waals surface area (Å²) in [5.41, 5.74) is -0.601. The average molecular weight is 230 g/mol. The van der Waals surface area contributed by atoms with Crippen LogP contribution in [0.5, 0.6) is 0 Å². The topological polar surface area (TPSA) is 37.3 Å². The van der Waals surface area contributed by atoms with Gasteiger partial charge in [0.2, 0.25) is 0 Å². The van der Waals surface area contributed by atoms with Gasteiger partial charge in [-0.15, -0.1) is 0 Å². The van der Waals surface area contributed by atoms with E-state index in [-0.39, 0.29) is 5.12 Å². The Kier molecular flexibility index (Phi) is 4.24. The number of hydrogen-bond acceptors (Lipinski definition) is 3. The van der Waals surface area contributed by atoms with E-state index in [2.05, 4.69) is 6.92 Å². The van der Waals surface area contributed by atoms with Gasteiger partial charge in [0, 0.05) is 12.2 Å². The molecule has 88 valence electrons. The maximum atomic E-state index is 11.1. The quantitative estimate of drug-likeness (QED) is 0.792. The van der Waals surface area contributed by atoms with Crippen molar-refractivity contribution in [3.8, 4) is 0 Å². The fourth-order valence-corrected chi connectivity index (χ4v) is 3.42. The van der Waals surface area contributed by atoms with E-state index >= 15 is 0 Å². The third kappa shape index (κ3) is 3.80. The van der Waals surface area contributed by atoms with E-state index in [1.165, 1.54) is 11.8 Å². The molecule has 0 aromatic rings. The van der Waals surface area contributed by atoms with Gasteiger partial charge in [-0.05, 0) is 44.9 Å². The summed E-state index contributed by atoms with van der Waals surface area (Å²) >= 11 is 1.45. The molecule has 1 aliphatic carbocycles. The summed E-state index contributed by atoms with van der Waals surface area (Å²) in [7, 11) is 0. The lowest BCUT2D eigenvalue weighted by Crippen LogP contribution is -2.38. The summed E-state index contributed by atoms with van der Waals surface area (Å²) in [5.74, 6) is 0.933. The monoisotopic (exact) mass is 230 g/mol. The minimum Gasteiger partial charge on any atom is -0.390 e. The predicted octanol–water partition coefficient (Wildman–Crippen LogP) is 2.84. The molecular weight excluding hydrogens is 208 g/mol. The van der Waals surface area contributed by atoms with Crippen molar-refractivity contribution < 1.29 is 9.90 Å². The Bertz CT molecular complexity index is 232. The molecule has 0 aromatic carbocycles. The Hall–Kier alpha value is -0.0200. The molecule has 0 saturated heterocycles. The molecule has 0 amide bonds. The number of hydrogen-bond donors (Lipinski definition) is 1. The molecule has 1 N–H and O–H groups in total. The minimum absolute atomic E-state index is 0.197. The van der Waals surface area contributed by atoms with Crippen LogP contribution < -0.4 is 0 Å². The van der Waals surface area contributed by atoms with E-state index in [9.17, 15) is 9.90 Å². The maximum absolute atomic E-state index is 11.1. The standard InChI is InChI=1S/C12H22O2S/c1-8-5-6-10(12(3,4)14)7-11(8)15-9(2)13/h8,10-11,14H,5-7H2,1-4H3/t8?,10-,11?/m0/s1. The molecule has 0 spiro atoms. The largest absolute Gasteiger partial charge is 0.390 e. The van der Waals surface area contributed by atoms with Crippen LogP contribution >= 0.6 is 11.8 Å². The second kappa shape index (κ2) is 4.88. The third-order valence-electron chi connectivity index (χ3n) is 3.44. The lowest BCUT2D eigenvalue weighted by molar-refractivity contribution is -0.109. The van der Waals surface area contributed by atoms with E-state index in [4.69, 9.17) is 0 Å². The number of aliphatic hydroxyl groups is 1. The van der Waals surface area contributed by atoms with Crippen LogP contribution in [-0.4, -0.2) is 21.1 Å².